The number of hydrogen-bond donors (Lipinski definition) is 2. The van der Waals surface area contributed by atoms with Crippen molar-refractivity contribution in [1.82, 2.24) is 10.4 Å². The number of hydrazine groups is 1. The Morgan fingerprint density at radius 2 is 2.11 bits per heavy atom. The minimum Gasteiger partial charge on any atom is -0.281 e. The normalized spacial score (nSPS) is 10.7. The van der Waals surface area contributed by atoms with E-state index in [0.29, 0.717) is 0 Å². The highest BCUT2D eigenvalue weighted by molar-refractivity contribution is 5.74. The Labute approximate surface area is 101 Å². The molecule has 0 aromatic carbocycles. The Morgan fingerprint density at radius 3 is 2.56 bits per heavy atom. The fraction of sp³-hybridized carbons (Fsp3) is 0.300. The van der Waals surface area contributed by atoms with Gasteiger partial charge < -0.3 is 0 Å². The van der Waals surface area contributed by atoms with Gasteiger partial charge in [-0.15, -0.1) is 0 Å². The molecule has 18 heavy (non-hydrogen) atoms. The van der Waals surface area contributed by atoms with Crippen LogP contribution in [0.25, 0.3) is 0 Å². The fourth-order valence-electron chi connectivity index (χ4n) is 1.20. The van der Waals surface area contributed by atoms with Gasteiger partial charge in [-0.2, -0.15) is 18.4 Å². The van der Waals surface area contributed by atoms with Crippen molar-refractivity contribution in [2.24, 2.45) is 0 Å². The van der Waals surface area contributed by atoms with Crippen LogP contribution in [0, 0.1) is 18.3 Å². The van der Waals surface area contributed by atoms with E-state index in [2.05, 4.69) is 15.8 Å². The summed E-state index contributed by atoms with van der Waals surface area (Å²) in [5.74, 6) is -0.851. The molecule has 5 nitrogen and oxygen atoms in total. The van der Waals surface area contributed by atoms with Gasteiger partial charge >= 0.3 is 6.18 Å². The third-order valence-electron chi connectivity index (χ3n) is 1.98. The molecule has 1 rings (SSSR count). The first kappa shape index (κ1) is 13.8. The molecule has 0 aliphatic rings. The first-order valence-corrected chi connectivity index (χ1v) is 4.77. The molecule has 1 aromatic rings. The predicted octanol–water partition coefficient (Wildman–Crippen LogP) is 1.74. The maximum Gasteiger partial charge on any atom is 0.433 e. The van der Waals surface area contributed by atoms with Crippen LogP contribution in [-0.2, 0) is 11.0 Å². The van der Waals surface area contributed by atoms with Crippen molar-refractivity contribution >= 4 is 11.7 Å². The Bertz CT molecular complexity index is 519. The monoisotopic (exact) mass is 258 g/mol. The molecule has 0 spiro atoms. The molecule has 2 N–H and O–H groups in total. The van der Waals surface area contributed by atoms with E-state index in [0.717, 1.165) is 6.07 Å². The van der Waals surface area contributed by atoms with Crippen LogP contribution in [0.1, 0.15) is 23.7 Å². The number of aromatic nitrogens is 1. The second-order valence-electron chi connectivity index (χ2n) is 3.46. The number of anilines is 1. The molecule has 0 aliphatic heterocycles. The van der Waals surface area contributed by atoms with Crippen LogP contribution in [0.2, 0.25) is 0 Å². The van der Waals surface area contributed by atoms with Crippen LogP contribution in [-0.4, -0.2) is 10.9 Å². The van der Waals surface area contributed by atoms with Crippen LogP contribution in [0.4, 0.5) is 19.0 Å². The van der Waals surface area contributed by atoms with Gasteiger partial charge in [0.1, 0.15) is 11.8 Å². The highest BCUT2D eigenvalue weighted by Crippen LogP contribution is 2.30. The molecule has 0 radical (unpaired) electrons. The minimum atomic E-state index is -4.62. The van der Waals surface area contributed by atoms with Gasteiger partial charge in [-0.05, 0) is 18.6 Å². The molecule has 96 valence electrons. The zero-order valence-corrected chi connectivity index (χ0v) is 9.51. The number of nitrogens with zero attached hydrogens (tertiary/aromatic N) is 2. The van der Waals surface area contributed by atoms with Crippen molar-refractivity contribution in [3.05, 3.63) is 22.9 Å². The molecule has 0 unspecified atom stereocenters. The van der Waals surface area contributed by atoms with Crippen molar-refractivity contribution in [1.29, 1.82) is 5.26 Å². The number of rotatable bonds is 2. The summed E-state index contributed by atoms with van der Waals surface area (Å²) in [4.78, 5) is 14.0. The number of pyridine rings is 1. The van der Waals surface area contributed by atoms with Gasteiger partial charge in [0, 0.05) is 6.92 Å². The van der Waals surface area contributed by atoms with Gasteiger partial charge in [0.15, 0.2) is 5.82 Å². The lowest BCUT2D eigenvalue weighted by atomic mass is 10.1. The van der Waals surface area contributed by atoms with Crippen LogP contribution in [0.15, 0.2) is 6.07 Å². The third kappa shape index (κ3) is 3.10. The smallest absolute Gasteiger partial charge is 0.281 e. The summed E-state index contributed by atoms with van der Waals surface area (Å²) in [6.45, 7) is 2.52. The van der Waals surface area contributed by atoms with Gasteiger partial charge in [-0.1, -0.05) is 0 Å². The Morgan fingerprint density at radius 1 is 1.50 bits per heavy atom. The van der Waals surface area contributed by atoms with E-state index in [9.17, 15) is 18.0 Å². The number of halogens is 3. The third-order valence-corrected chi connectivity index (χ3v) is 1.98. The van der Waals surface area contributed by atoms with E-state index in [1.807, 2.05) is 0 Å². The van der Waals surface area contributed by atoms with Crippen LogP contribution in [0.5, 0.6) is 0 Å². The van der Waals surface area contributed by atoms with Gasteiger partial charge in [0.05, 0.1) is 5.56 Å². The van der Waals surface area contributed by atoms with E-state index in [1.165, 1.54) is 13.8 Å². The number of hydrogen-bond acceptors (Lipinski definition) is 4. The number of carbonyl (C=O) groups is 1. The molecule has 1 amide bonds. The first-order chi connectivity index (χ1) is 8.25. The molecule has 0 bridgehead atoms. The highest BCUT2D eigenvalue weighted by atomic mass is 19.4. The van der Waals surface area contributed by atoms with Crippen molar-refractivity contribution < 1.29 is 18.0 Å². The van der Waals surface area contributed by atoms with Gasteiger partial charge in [0.25, 0.3) is 0 Å². The molecule has 0 saturated carbocycles. The minimum absolute atomic E-state index is 0.0586. The lowest BCUT2D eigenvalue weighted by molar-refractivity contribution is -0.141. The second kappa shape index (κ2) is 4.91. The van der Waals surface area contributed by atoms with E-state index in [1.54, 1.807) is 6.07 Å². The number of nitriles is 1. The zero-order valence-electron chi connectivity index (χ0n) is 9.51. The summed E-state index contributed by atoms with van der Waals surface area (Å²) in [6, 6.07) is 2.50. The molecule has 0 fully saturated rings. The number of aryl methyl sites for hydroxylation is 1. The molecular weight excluding hydrogens is 249 g/mol. The average molecular weight is 258 g/mol. The zero-order chi connectivity index (χ0) is 13.9. The van der Waals surface area contributed by atoms with E-state index < -0.39 is 17.8 Å². The molecular formula is C10H9F3N4O. The lowest BCUT2D eigenvalue weighted by Gasteiger charge is -2.13. The van der Waals surface area contributed by atoms with Crippen LogP contribution >= 0.6 is 0 Å². The Hall–Kier alpha value is -2.30. The van der Waals surface area contributed by atoms with E-state index in [4.69, 9.17) is 5.26 Å². The standard InChI is InChI=1S/C10H9F3N4O/c1-5-3-8(10(11,12)13)15-9(7(5)4-14)17-16-6(2)18/h3H,1-2H3,(H,15,17)(H,16,18). The average Bonchev–Trinajstić information content (AvgIpc) is 2.24. The summed E-state index contributed by atoms with van der Waals surface area (Å²) < 4.78 is 37.6. The van der Waals surface area contributed by atoms with Crippen molar-refractivity contribution in [2.75, 3.05) is 5.43 Å². The first-order valence-electron chi connectivity index (χ1n) is 4.77. The molecule has 0 aliphatic carbocycles. The molecule has 1 aromatic heterocycles. The largest absolute Gasteiger partial charge is 0.433 e. The summed E-state index contributed by atoms with van der Waals surface area (Å²) in [5.41, 5.74) is 3.18. The maximum absolute atomic E-state index is 12.5. The van der Waals surface area contributed by atoms with E-state index in [-0.39, 0.29) is 16.9 Å². The number of alkyl halides is 3. The predicted molar refractivity (Wildman–Crippen MR) is 56.1 cm³/mol. The molecule has 1 heterocycles. The second-order valence-corrected chi connectivity index (χ2v) is 3.46. The Balaban J connectivity index is 3.25. The lowest BCUT2D eigenvalue weighted by Crippen LogP contribution is -2.28. The highest BCUT2D eigenvalue weighted by Gasteiger charge is 2.33. The van der Waals surface area contributed by atoms with Gasteiger partial charge in [0.2, 0.25) is 5.91 Å². The summed E-state index contributed by atoms with van der Waals surface area (Å²) >= 11 is 0. The van der Waals surface area contributed by atoms with Gasteiger partial charge in [-0.3, -0.25) is 15.6 Å². The van der Waals surface area contributed by atoms with Crippen LogP contribution < -0.4 is 10.9 Å². The summed E-state index contributed by atoms with van der Waals surface area (Å²) in [7, 11) is 0. The topological polar surface area (TPSA) is 77.8 Å². The number of nitrogens with one attached hydrogen (secondary N) is 2. The fourth-order valence-corrected chi connectivity index (χ4v) is 1.20. The summed E-state index contributed by atoms with van der Waals surface area (Å²) in [5, 5.41) is 8.83. The quantitative estimate of drug-likeness (QED) is 0.792. The summed E-state index contributed by atoms with van der Waals surface area (Å²) in [6.07, 6.45) is -4.62. The van der Waals surface area contributed by atoms with Crippen molar-refractivity contribution in [3.8, 4) is 6.07 Å². The van der Waals surface area contributed by atoms with Crippen molar-refractivity contribution in [3.63, 3.8) is 0 Å². The Kier molecular flexibility index (Phi) is 3.76. The maximum atomic E-state index is 12.5. The van der Waals surface area contributed by atoms with E-state index >= 15 is 0 Å². The number of amides is 1. The van der Waals surface area contributed by atoms with Crippen LogP contribution in [0.3, 0.4) is 0 Å². The van der Waals surface area contributed by atoms with Gasteiger partial charge in [-0.25, -0.2) is 4.98 Å². The number of carbonyl (C=O) groups excluding carboxylic acids is 1. The van der Waals surface area contributed by atoms with Crippen molar-refractivity contribution in [2.45, 2.75) is 20.0 Å². The molecule has 8 heteroatoms. The molecule has 0 atom stereocenters. The SMILES string of the molecule is CC(=O)NNc1nc(C(F)(F)F)cc(C)c1C#N. The molecule has 0 saturated heterocycles.